The second-order valence-corrected chi connectivity index (χ2v) is 5.41. The van der Waals surface area contributed by atoms with Crippen LogP contribution in [0.4, 0.5) is 11.4 Å². The Morgan fingerprint density at radius 1 is 1.15 bits per heavy atom. The van der Waals surface area contributed by atoms with Crippen LogP contribution in [0.25, 0.3) is 0 Å². The average molecular weight is 277 g/mol. The van der Waals surface area contributed by atoms with Gasteiger partial charge in [0.1, 0.15) is 5.75 Å². The number of nitrogens with zero attached hydrogens (tertiary/aromatic N) is 1. The van der Waals surface area contributed by atoms with E-state index in [1.165, 1.54) is 38.8 Å². The number of benzene rings is 1. The van der Waals surface area contributed by atoms with Gasteiger partial charge >= 0.3 is 0 Å². The molecule has 3 N–H and O–H groups in total. The Labute approximate surface area is 122 Å². The van der Waals surface area contributed by atoms with Gasteiger partial charge in [-0.2, -0.15) is 0 Å². The monoisotopic (exact) mass is 277 g/mol. The Morgan fingerprint density at radius 3 is 2.60 bits per heavy atom. The van der Waals surface area contributed by atoms with Crippen molar-refractivity contribution in [3.63, 3.8) is 0 Å². The Balaban J connectivity index is 1.80. The first kappa shape index (κ1) is 15.0. The van der Waals surface area contributed by atoms with Gasteiger partial charge in [-0.3, -0.25) is 0 Å². The summed E-state index contributed by atoms with van der Waals surface area (Å²) in [6.07, 6.45) is 5.45. The summed E-state index contributed by atoms with van der Waals surface area (Å²) in [7, 11) is 0. The first-order chi connectivity index (χ1) is 9.78. The van der Waals surface area contributed by atoms with E-state index < -0.39 is 0 Å². The standard InChI is InChI=1S/C16H27N3O/c1-2-20-16-12-14(17)11-15(13-16)18-7-10-19-8-5-3-4-6-9-19/h11-13,18H,2-10,17H2,1H3. The van der Waals surface area contributed by atoms with Crippen molar-refractivity contribution in [3.05, 3.63) is 18.2 Å². The van der Waals surface area contributed by atoms with Gasteiger partial charge in [0.2, 0.25) is 0 Å². The summed E-state index contributed by atoms with van der Waals surface area (Å²) in [5.74, 6) is 0.838. The van der Waals surface area contributed by atoms with E-state index >= 15 is 0 Å². The second-order valence-electron chi connectivity index (χ2n) is 5.41. The minimum Gasteiger partial charge on any atom is -0.494 e. The molecule has 1 aromatic rings. The van der Waals surface area contributed by atoms with E-state index in [2.05, 4.69) is 10.2 Å². The molecular weight excluding hydrogens is 250 g/mol. The molecule has 1 saturated heterocycles. The summed E-state index contributed by atoms with van der Waals surface area (Å²) < 4.78 is 5.51. The van der Waals surface area contributed by atoms with Gasteiger partial charge in [0.15, 0.2) is 0 Å². The summed E-state index contributed by atoms with van der Waals surface area (Å²) in [6, 6.07) is 5.84. The Hall–Kier alpha value is -1.42. The minimum atomic E-state index is 0.663. The van der Waals surface area contributed by atoms with Crippen LogP contribution in [-0.2, 0) is 0 Å². The molecule has 0 saturated carbocycles. The number of nitrogens with one attached hydrogen (secondary N) is 1. The first-order valence-electron chi connectivity index (χ1n) is 7.77. The molecule has 0 aliphatic carbocycles. The summed E-state index contributed by atoms with van der Waals surface area (Å²) in [5.41, 5.74) is 7.68. The van der Waals surface area contributed by atoms with E-state index in [1.807, 2.05) is 25.1 Å². The molecule has 20 heavy (non-hydrogen) atoms. The smallest absolute Gasteiger partial charge is 0.123 e. The van der Waals surface area contributed by atoms with Crippen LogP contribution >= 0.6 is 0 Å². The van der Waals surface area contributed by atoms with Crippen LogP contribution in [0.5, 0.6) is 5.75 Å². The number of nitrogen functional groups attached to an aromatic ring is 1. The molecule has 0 unspecified atom stereocenters. The quantitative estimate of drug-likeness (QED) is 0.785. The maximum atomic E-state index is 5.89. The van der Waals surface area contributed by atoms with Crippen LogP contribution in [-0.4, -0.2) is 37.7 Å². The Kier molecular flexibility index (Phi) is 5.99. The topological polar surface area (TPSA) is 50.5 Å². The lowest BCUT2D eigenvalue weighted by Gasteiger charge is -2.20. The molecule has 1 aliphatic heterocycles. The molecule has 1 aromatic carbocycles. The molecule has 4 heteroatoms. The lowest BCUT2D eigenvalue weighted by Crippen LogP contribution is -2.29. The highest BCUT2D eigenvalue weighted by Crippen LogP contribution is 2.22. The van der Waals surface area contributed by atoms with Crippen LogP contribution in [0, 0.1) is 0 Å². The Morgan fingerprint density at radius 2 is 1.90 bits per heavy atom. The molecule has 1 aliphatic rings. The highest BCUT2D eigenvalue weighted by molar-refractivity contribution is 5.59. The molecular formula is C16H27N3O. The summed E-state index contributed by atoms with van der Waals surface area (Å²) in [4.78, 5) is 2.55. The van der Waals surface area contributed by atoms with Gasteiger partial charge in [0.25, 0.3) is 0 Å². The van der Waals surface area contributed by atoms with Crippen LogP contribution in [0.3, 0.4) is 0 Å². The normalized spacial score (nSPS) is 16.6. The van der Waals surface area contributed by atoms with Crippen molar-refractivity contribution < 1.29 is 4.74 Å². The molecule has 0 bridgehead atoms. The molecule has 1 heterocycles. The molecule has 0 atom stereocenters. The number of hydrogen-bond acceptors (Lipinski definition) is 4. The third kappa shape index (κ3) is 4.93. The fourth-order valence-electron chi connectivity index (χ4n) is 2.69. The summed E-state index contributed by atoms with van der Waals surface area (Å²) >= 11 is 0. The molecule has 2 rings (SSSR count). The first-order valence-corrected chi connectivity index (χ1v) is 7.77. The van der Waals surface area contributed by atoms with E-state index in [0.29, 0.717) is 6.61 Å². The third-order valence-corrected chi connectivity index (χ3v) is 3.70. The lowest BCUT2D eigenvalue weighted by molar-refractivity contribution is 0.296. The van der Waals surface area contributed by atoms with Crippen molar-refractivity contribution in [2.24, 2.45) is 0 Å². The van der Waals surface area contributed by atoms with Gasteiger partial charge in [-0.25, -0.2) is 0 Å². The van der Waals surface area contributed by atoms with E-state index in [-0.39, 0.29) is 0 Å². The van der Waals surface area contributed by atoms with E-state index in [9.17, 15) is 0 Å². The molecule has 0 aromatic heterocycles. The predicted molar refractivity (Wildman–Crippen MR) is 85.4 cm³/mol. The van der Waals surface area contributed by atoms with Gasteiger partial charge in [-0.15, -0.1) is 0 Å². The van der Waals surface area contributed by atoms with Crippen molar-refractivity contribution in [2.75, 3.05) is 43.8 Å². The van der Waals surface area contributed by atoms with Crippen LogP contribution in [0.15, 0.2) is 18.2 Å². The van der Waals surface area contributed by atoms with Crippen molar-refractivity contribution >= 4 is 11.4 Å². The SMILES string of the molecule is CCOc1cc(N)cc(NCCN2CCCCCC2)c1. The molecule has 4 nitrogen and oxygen atoms in total. The number of rotatable bonds is 6. The maximum Gasteiger partial charge on any atom is 0.123 e. The van der Waals surface area contributed by atoms with Crippen molar-refractivity contribution in [1.82, 2.24) is 4.90 Å². The number of likely N-dealkylation sites (tertiary alicyclic amines) is 1. The van der Waals surface area contributed by atoms with Gasteiger partial charge in [0, 0.05) is 36.6 Å². The zero-order valence-corrected chi connectivity index (χ0v) is 12.5. The highest BCUT2D eigenvalue weighted by Gasteiger charge is 2.08. The predicted octanol–water partition coefficient (Wildman–Crippen LogP) is 2.96. The van der Waals surface area contributed by atoms with Gasteiger partial charge in [-0.1, -0.05) is 12.8 Å². The lowest BCUT2D eigenvalue weighted by atomic mass is 10.2. The number of nitrogens with two attached hydrogens (primary N) is 1. The van der Waals surface area contributed by atoms with Gasteiger partial charge in [-0.05, 0) is 38.9 Å². The Bertz CT molecular complexity index is 401. The van der Waals surface area contributed by atoms with Gasteiger partial charge < -0.3 is 20.7 Å². The number of hydrogen-bond donors (Lipinski definition) is 2. The zero-order valence-electron chi connectivity index (χ0n) is 12.5. The molecule has 0 spiro atoms. The maximum absolute atomic E-state index is 5.89. The third-order valence-electron chi connectivity index (χ3n) is 3.70. The molecule has 112 valence electrons. The zero-order chi connectivity index (χ0) is 14.2. The van der Waals surface area contributed by atoms with Crippen molar-refractivity contribution in [2.45, 2.75) is 32.6 Å². The second kappa shape index (κ2) is 8.00. The molecule has 0 radical (unpaired) electrons. The number of anilines is 2. The van der Waals surface area contributed by atoms with E-state index in [1.54, 1.807) is 0 Å². The summed E-state index contributed by atoms with van der Waals surface area (Å²) in [5, 5.41) is 3.45. The minimum absolute atomic E-state index is 0.663. The highest BCUT2D eigenvalue weighted by atomic mass is 16.5. The van der Waals surface area contributed by atoms with Crippen LogP contribution in [0.1, 0.15) is 32.6 Å². The van der Waals surface area contributed by atoms with Crippen molar-refractivity contribution in [1.29, 1.82) is 0 Å². The van der Waals surface area contributed by atoms with Crippen molar-refractivity contribution in [3.8, 4) is 5.75 Å². The molecule has 1 fully saturated rings. The van der Waals surface area contributed by atoms with E-state index in [4.69, 9.17) is 10.5 Å². The van der Waals surface area contributed by atoms with E-state index in [0.717, 1.165) is 30.2 Å². The fourth-order valence-corrected chi connectivity index (χ4v) is 2.69. The summed E-state index contributed by atoms with van der Waals surface area (Å²) in [6.45, 7) is 7.17. The average Bonchev–Trinajstić information content (AvgIpc) is 2.67. The van der Waals surface area contributed by atoms with Crippen LogP contribution in [0.2, 0.25) is 0 Å². The fraction of sp³-hybridized carbons (Fsp3) is 0.625. The van der Waals surface area contributed by atoms with Crippen LogP contribution < -0.4 is 15.8 Å². The van der Waals surface area contributed by atoms with Gasteiger partial charge in [0.05, 0.1) is 6.61 Å². The number of ether oxygens (including phenoxy) is 1. The largest absolute Gasteiger partial charge is 0.494 e. The molecule has 0 amide bonds.